The molecule has 0 bridgehead atoms. The number of fused-ring (bicyclic) bond motifs is 1. The molecule has 1 aliphatic rings. The Kier molecular flexibility index (Phi) is 6.52. The van der Waals surface area contributed by atoms with Crippen LogP contribution in [0.4, 0.5) is 0 Å². The highest BCUT2D eigenvalue weighted by Gasteiger charge is 2.38. The quantitative estimate of drug-likeness (QED) is 0.179. The summed E-state index contributed by atoms with van der Waals surface area (Å²) in [6.07, 6.45) is 6.71. The SMILES string of the molecule is CCCCc1nc2c(C)ccnc2n1Cc1ccc(C2(Br)N=C(C#N)C=C2I)c(Cl)c1. The number of aromatic nitrogens is 3. The fourth-order valence-electron chi connectivity index (χ4n) is 3.70. The summed E-state index contributed by atoms with van der Waals surface area (Å²) >= 11 is 12.6. The Bertz CT molecular complexity index is 1270. The first-order valence-corrected chi connectivity index (χ1v) is 12.3. The van der Waals surface area contributed by atoms with E-state index in [4.69, 9.17) is 16.6 Å². The summed E-state index contributed by atoms with van der Waals surface area (Å²) in [6.45, 7) is 4.89. The van der Waals surface area contributed by atoms with E-state index in [1.807, 2.05) is 24.4 Å². The molecule has 1 atom stereocenters. The second-order valence-corrected chi connectivity index (χ2v) is 10.3. The van der Waals surface area contributed by atoms with Crippen LogP contribution < -0.4 is 0 Å². The molecule has 0 saturated heterocycles. The third-order valence-corrected chi connectivity index (χ3v) is 8.55. The van der Waals surface area contributed by atoms with Crippen molar-refractivity contribution in [3.63, 3.8) is 0 Å². The number of imidazole rings is 1. The number of allylic oxidation sites excluding steroid dienone is 1. The van der Waals surface area contributed by atoms with E-state index in [1.165, 1.54) is 0 Å². The highest BCUT2D eigenvalue weighted by molar-refractivity contribution is 14.1. The number of unbranched alkanes of at least 4 members (excludes halogenated alkanes) is 1. The average molecular weight is 609 g/mol. The molecule has 1 aromatic carbocycles. The predicted octanol–water partition coefficient (Wildman–Crippen LogP) is 6.63. The first-order valence-electron chi connectivity index (χ1n) is 10.0. The van der Waals surface area contributed by atoms with Crippen LogP contribution in [0, 0.1) is 18.3 Å². The second-order valence-electron chi connectivity index (χ2n) is 7.56. The van der Waals surface area contributed by atoms with Crippen LogP contribution in [0.1, 0.15) is 42.3 Å². The fraction of sp³-hybridized carbons (Fsp3) is 0.304. The van der Waals surface area contributed by atoms with E-state index in [0.717, 1.165) is 56.5 Å². The molecular weight excluding hydrogens is 589 g/mol. The zero-order valence-electron chi connectivity index (χ0n) is 17.2. The minimum atomic E-state index is -0.805. The number of aryl methyl sites for hydroxylation is 2. The van der Waals surface area contributed by atoms with Crippen LogP contribution in [-0.2, 0) is 17.4 Å². The first-order chi connectivity index (χ1) is 14.9. The maximum atomic E-state index is 9.22. The highest BCUT2D eigenvalue weighted by atomic mass is 127. The van der Waals surface area contributed by atoms with Crippen molar-refractivity contribution >= 4 is 67.0 Å². The molecule has 31 heavy (non-hydrogen) atoms. The molecule has 158 valence electrons. The lowest BCUT2D eigenvalue weighted by Crippen LogP contribution is -2.14. The van der Waals surface area contributed by atoms with E-state index >= 15 is 0 Å². The molecule has 0 fully saturated rings. The summed E-state index contributed by atoms with van der Waals surface area (Å²) in [4.78, 5) is 14.0. The van der Waals surface area contributed by atoms with Gasteiger partial charge in [-0.1, -0.05) is 37.1 Å². The number of rotatable bonds is 6. The monoisotopic (exact) mass is 607 g/mol. The van der Waals surface area contributed by atoms with Gasteiger partial charge in [0.1, 0.15) is 23.1 Å². The minimum absolute atomic E-state index is 0.383. The number of hydrogen-bond acceptors (Lipinski definition) is 4. The number of halogens is 3. The second kappa shape index (κ2) is 9.00. The van der Waals surface area contributed by atoms with Crippen LogP contribution >= 0.6 is 50.1 Å². The Hall–Kier alpha value is -1.76. The number of aliphatic imine (C=N–C) groups is 1. The number of alkyl halides is 1. The van der Waals surface area contributed by atoms with Crippen molar-refractivity contribution < 1.29 is 0 Å². The van der Waals surface area contributed by atoms with Gasteiger partial charge in [0.2, 0.25) is 0 Å². The molecule has 3 aromatic rings. The molecule has 0 saturated carbocycles. The van der Waals surface area contributed by atoms with Gasteiger partial charge in [-0.05, 0) is 81.2 Å². The Balaban J connectivity index is 1.72. The third-order valence-electron chi connectivity index (χ3n) is 5.37. The molecule has 0 spiro atoms. The van der Waals surface area contributed by atoms with E-state index in [1.54, 1.807) is 6.08 Å². The number of nitrogens with zero attached hydrogens (tertiary/aromatic N) is 5. The largest absolute Gasteiger partial charge is 0.308 e. The van der Waals surface area contributed by atoms with Crippen molar-refractivity contribution in [3.8, 4) is 6.07 Å². The van der Waals surface area contributed by atoms with Gasteiger partial charge >= 0.3 is 0 Å². The smallest absolute Gasteiger partial charge is 0.174 e. The van der Waals surface area contributed by atoms with Crippen molar-refractivity contribution in [2.24, 2.45) is 4.99 Å². The molecule has 0 N–H and O–H groups in total. The van der Waals surface area contributed by atoms with E-state index in [0.29, 0.717) is 17.3 Å². The number of benzene rings is 1. The molecule has 2 aromatic heterocycles. The molecule has 0 radical (unpaired) electrons. The highest BCUT2D eigenvalue weighted by Crippen LogP contribution is 2.49. The van der Waals surface area contributed by atoms with Gasteiger partial charge in [-0.2, -0.15) is 5.26 Å². The van der Waals surface area contributed by atoms with E-state index in [9.17, 15) is 5.26 Å². The lowest BCUT2D eigenvalue weighted by molar-refractivity contribution is 0.686. The molecule has 0 aliphatic carbocycles. The summed E-state index contributed by atoms with van der Waals surface area (Å²) in [7, 11) is 0. The molecule has 4 rings (SSSR count). The molecule has 8 heteroatoms. The normalized spacial score (nSPS) is 18.2. The maximum absolute atomic E-state index is 9.22. The number of pyridine rings is 1. The van der Waals surface area contributed by atoms with Crippen molar-refractivity contribution in [1.29, 1.82) is 5.26 Å². The van der Waals surface area contributed by atoms with Crippen molar-refractivity contribution in [3.05, 3.63) is 67.7 Å². The fourth-order valence-corrected chi connectivity index (χ4v) is 5.51. The van der Waals surface area contributed by atoms with Crippen LogP contribution in [-0.4, -0.2) is 20.2 Å². The van der Waals surface area contributed by atoms with Gasteiger partial charge in [0, 0.05) is 26.8 Å². The summed E-state index contributed by atoms with van der Waals surface area (Å²) in [5.74, 6) is 1.05. The van der Waals surface area contributed by atoms with Crippen LogP contribution in [0.5, 0.6) is 0 Å². The lowest BCUT2D eigenvalue weighted by Gasteiger charge is -2.22. The molecule has 5 nitrogen and oxygen atoms in total. The van der Waals surface area contributed by atoms with Gasteiger partial charge in [0.05, 0.1) is 6.54 Å². The number of hydrogen-bond donors (Lipinski definition) is 0. The van der Waals surface area contributed by atoms with Crippen LogP contribution in [0.2, 0.25) is 5.02 Å². The zero-order chi connectivity index (χ0) is 22.2. The van der Waals surface area contributed by atoms with Gasteiger partial charge in [-0.3, -0.25) is 0 Å². The van der Waals surface area contributed by atoms with Gasteiger partial charge < -0.3 is 4.57 Å². The van der Waals surface area contributed by atoms with Crippen LogP contribution in [0.15, 0.2) is 45.1 Å². The topological polar surface area (TPSA) is 66.9 Å². The molecule has 1 unspecified atom stereocenters. The van der Waals surface area contributed by atoms with Gasteiger partial charge in [0.25, 0.3) is 0 Å². The maximum Gasteiger partial charge on any atom is 0.174 e. The zero-order valence-corrected chi connectivity index (χ0v) is 21.7. The predicted molar refractivity (Wildman–Crippen MR) is 137 cm³/mol. The lowest BCUT2D eigenvalue weighted by atomic mass is 10.0. The van der Waals surface area contributed by atoms with Gasteiger partial charge in [-0.15, -0.1) is 0 Å². The van der Waals surface area contributed by atoms with Gasteiger partial charge in [0.15, 0.2) is 10.1 Å². The van der Waals surface area contributed by atoms with E-state index in [2.05, 4.69) is 79.0 Å². The Morgan fingerprint density at radius 1 is 1.32 bits per heavy atom. The summed E-state index contributed by atoms with van der Waals surface area (Å²) in [5, 5.41) is 9.82. The van der Waals surface area contributed by atoms with E-state index in [-0.39, 0.29) is 0 Å². The van der Waals surface area contributed by atoms with Crippen molar-refractivity contribution in [2.45, 2.75) is 44.1 Å². The van der Waals surface area contributed by atoms with Crippen molar-refractivity contribution in [2.75, 3.05) is 0 Å². The average Bonchev–Trinajstić information content (AvgIpc) is 3.25. The summed E-state index contributed by atoms with van der Waals surface area (Å²) < 4.78 is 2.29. The molecule has 1 aliphatic heterocycles. The Labute approximate surface area is 208 Å². The van der Waals surface area contributed by atoms with Crippen LogP contribution in [0.25, 0.3) is 11.2 Å². The van der Waals surface area contributed by atoms with E-state index < -0.39 is 4.45 Å². The summed E-state index contributed by atoms with van der Waals surface area (Å²) in [6, 6.07) is 10.1. The Morgan fingerprint density at radius 3 is 2.81 bits per heavy atom. The van der Waals surface area contributed by atoms with Gasteiger partial charge in [-0.25, -0.2) is 15.0 Å². The van der Waals surface area contributed by atoms with Crippen molar-refractivity contribution in [1.82, 2.24) is 14.5 Å². The summed E-state index contributed by atoms with van der Waals surface area (Å²) in [5.41, 5.74) is 5.25. The number of nitriles is 1. The standard InChI is InChI=1S/C23H20BrClIN5/c1-3-4-5-20-29-21-14(2)8-9-28-22(21)31(20)13-15-6-7-17(18(25)10-15)23(24)19(26)11-16(12-27)30-23/h6-11H,3-5,13H2,1-2H3. The third kappa shape index (κ3) is 4.18. The molecular formula is C23H20BrClIN5. The molecule has 3 heterocycles. The van der Waals surface area contributed by atoms with Crippen LogP contribution in [0.3, 0.4) is 0 Å². The first kappa shape index (κ1) is 22.4. The Morgan fingerprint density at radius 2 is 2.13 bits per heavy atom. The molecule has 0 amide bonds. The minimum Gasteiger partial charge on any atom is -0.308 e.